The van der Waals surface area contributed by atoms with E-state index in [9.17, 15) is 24.1 Å². The molecule has 1 aromatic carbocycles. The van der Waals surface area contributed by atoms with Crippen LogP contribution in [0, 0.1) is 15.9 Å². The third kappa shape index (κ3) is 1.73. The first-order valence-electron chi connectivity index (χ1n) is 4.15. The Morgan fingerprint density at radius 1 is 1.47 bits per heavy atom. The van der Waals surface area contributed by atoms with Crippen LogP contribution in [0.5, 0.6) is 0 Å². The van der Waals surface area contributed by atoms with Gasteiger partial charge in [-0.3, -0.25) is 19.7 Å². The number of hydrogen-bond acceptors (Lipinski definition) is 4. The largest absolute Gasteiger partial charge is 0.335 e. The lowest BCUT2D eigenvalue weighted by Gasteiger charge is -2.16. The zero-order valence-electron chi connectivity index (χ0n) is 7.86. The van der Waals surface area contributed by atoms with Gasteiger partial charge in [0.2, 0.25) is 5.82 Å². The number of carbonyl (C=O) groups excluding carboxylic acids is 2. The maximum atomic E-state index is 13.4. The topological polar surface area (TPSA) is 103 Å². The van der Waals surface area contributed by atoms with Crippen molar-refractivity contribution in [3.63, 3.8) is 0 Å². The van der Waals surface area contributed by atoms with E-state index in [4.69, 9.17) is 0 Å². The third-order valence-electron chi connectivity index (χ3n) is 2.01. The normalized spacial score (nSPS) is 13.8. The van der Waals surface area contributed by atoms with Crippen molar-refractivity contribution < 1.29 is 18.9 Å². The number of amides is 2. The molecule has 0 saturated carbocycles. The van der Waals surface area contributed by atoms with Crippen molar-refractivity contribution in [2.45, 2.75) is 0 Å². The number of rotatable bonds is 1. The van der Waals surface area contributed by atoms with Gasteiger partial charge in [-0.1, -0.05) is 0 Å². The van der Waals surface area contributed by atoms with E-state index in [-0.39, 0.29) is 15.8 Å². The third-order valence-corrected chi connectivity index (χ3v) is 2.76. The van der Waals surface area contributed by atoms with Gasteiger partial charge in [0.25, 0.3) is 0 Å². The van der Waals surface area contributed by atoms with Crippen LogP contribution in [0.3, 0.4) is 0 Å². The molecular formula is C8H2BrFN3O4. The van der Waals surface area contributed by atoms with Crippen molar-refractivity contribution in [3.8, 4) is 0 Å². The number of anilines is 1. The van der Waals surface area contributed by atoms with Crippen molar-refractivity contribution in [1.29, 1.82) is 0 Å². The number of nitrogens with zero attached hydrogens (tertiary/aromatic N) is 2. The summed E-state index contributed by atoms with van der Waals surface area (Å²) in [6.07, 6.45) is 0. The maximum absolute atomic E-state index is 13.4. The number of halogens is 2. The number of nitro benzene ring substituents is 1. The average molecular weight is 303 g/mol. The second-order valence-corrected chi connectivity index (χ2v) is 3.84. The predicted octanol–water partition coefficient (Wildman–Crippen LogP) is 1.21. The van der Waals surface area contributed by atoms with Crippen molar-refractivity contribution in [2.75, 3.05) is 5.32 Å². The van der Waals surface area contributed by atoms with Gasteiger partial charge in [0, 0.05) is 6.07 Å². The Kier molecular flexibility index (Phi) is 2.54. The van der Waals surface area contributed by atoms with Gasteiger partial charge in [-0.15, -0.1) is 0 Å². The van der Waals surface area contributed by atoms with Gasteiger partial charge in [-0.25, -0.2) is 5.32 Å². The molecule has 1 heterocycles. The van der Waals surface area contributed by atoms with Gasteiger partial charge in [0.15, 0.2) is 0 Å². The fourth-order valence-corrected chi connectivity index (χ4v) is 1.94. The highest BCUT2D eigenvalue weighted by Gasteiger charge is 2.33. The molecule has 0 aromatic heterocycles. The van der Waals surface area contributed by atoms with Gasteiger partial charge in [0.1, 0.15) is 10.2 Å². The van der Waals surface area contributed by atoms with Crippen LogP contribution >= 0.6 is 15.9 Å². The lowest BCUT2D eigenvalue weighted by Crippen LogP contribution is -2.33. The Hall–Kier alpha value is -2.03. The Bertz CT molecular complexity index is 574. The number of carbonyl (C=O) groups is 2. The van der Waals surface area contributed by atoms with E-state index < -0.39 is 28.2 Å². The predicted molar refractivity (Wildman–Crippen MR) is 56.2 cm³/mol. The van der Waals surface area contributed by atoms with Crippen LogP contribution in [0.15, 0.2) is 10.5 Å². The van der Waals surface area contributed by atoms with Crippen LogP contribution < -0.4 is 10.6 Å². The number of nitrogens with one attached hydrogen (secondary N) is 1. The molecule has 87 valence electrons. The highest BCUT2D eigenvalue weighted by Crippen LogP contribution is 2.41. The zero-order valence-corrected chi connectivity index (χ0v) is 9.45. The van der Waals surface area contributed by atoms with Crippen molar-refractivity contribution in [1.82, 2.24) is 5.32 Å². The smallest absolute Gasteiger partial charge is 0.316 e. The summed E-state index contributed by atoms with van der Waals surface area (Å²) in [5, 5.41) is 16.0. The lowest BCUT2D eigenvalue weighted by atomic mass is 10.2. The first-order valence-corrected chi connectivity index (χ1v) is 4.94. The van der Waals surface area contributed by atoms with Crippen LogP contribution in [0.1, 0.15) is 0 Å². The zero-order chi connectivity index (χ0) is 12.7. The van der Waals surface area contributed by atoms with Crippen molar-refractivity contribution in [2.24, 2.45) is 0 Å². The summed E-state index contributed by atoms with van der Waals surface area (Å²) < 4.78 is 13.1. The molecule has 1 radical (unpaired) electrons. The van der Waals surface area contributed by atoms with Gasteiger partial charge in [0.05, 0.1) is 10.6 Å². The molecule has 2 amide bonds. The SMILES string of the molecule is O=C1[N]c2c(cc(F)c([N+](=O)[O-])c2Br)NC1=O. The first-order chi connectivity index (χ1) is 7.91. The molecule has 0 saturated heterocycles. The number of fused-ring (bicyclic) bond motifs is 1. The standard InChI is InChI=1S/C8H2BrFN3O4/c9-4-5-3(11-7(14)8(15)12-5)1-2(10)6(4)13(16)17/h1H,(H,11,14). The molecule has 0 bridgehead atoms. The lowest BCUT2D eigenvalue weighted by molar-refractivity contribution is -0.388. The second kappa shape index (κ2) is 3.77. The van der Waals surface area contributed by atoms with Crippen LogP contribution in [-0.2, 0) is 9.59 Å². The molecule has 0 spiro atoms. The van der Waals surface area contributed by atoms with Crippen LogP contribution in [0.25, 0.3) is 0 Å². The quantitative estimate of drug-likeness (QED) is 0.478. The average Bonchev–Trinajstić information content (AvgIpc) is 2.21. The Labute approximate surface area is 101 Å². The molecule has 0 aliphatic carbocycles. The monoisotopic (exact) mass is 302 g/mol. The Morgan fingerprint density at radius 3 is 2.71 bits per heavy atom. The van der Waals surface area contributed by atoms with E-state index in [1.807, 2.05) is 0 Å². The van der Waals surface area contributed by atoms with E-state index in [1.54, 1.807) is 0 Å². The maximum Gasteiger partial charge on any atom is 0.335 e. The van der Waals surface area contributed by atoms with Gasteiger partial charge < -0.3 is 5.32 Å². The molecule has 0 fully saturated rings. The molecule has 17 heavy (non-hydrogen) atoms. The van der Waals surface area contributed by atoms with Crippen LogP contribution in [0.2, 0.25) is 0 Å². The Balaban J connectivity index is 2.67. The van der Waals surface area contributed by atoms with E-state index in [0.29, 0.717) is 0 Å². The minimum Gasteiger partial charge on any atom is -0.316 e. The minimum atomic E-state index is -1.13. The molecule has 7 nitrogen and oxygen atoms in total. The van der Waals surface area contributed by atoms with Crippen LogP contribution in [-0.4, -0.2) is 16.7 Å². The molecule has 1 aliphatic heterocycles. The second-order valence-electron chi connectivity index (χ2n) is 3.05. The molecule has 1 aliphatic rings. The van der Waals surface area contributed by atoms with E-state index in [2.05, 4.69) is 26.6 Å². The summed E-state index contributed by atoms with van der Waals surface area (Å²) in [6, 6.07) is 0.742. The molecule has 0 atom stereocenters. The summed E-state index contributed by atoms with van der Waals surface area (Å²) in [5.74, 6) is -3.25. The van der Waals surface area contributed by atoms with Crippen LogP contribution in [0.4, 0.5) is 21.5 Å². The number of nitro groups is 1. The fraction of sp³-hybridized carbons (Fsp3) is 0. The van der Waals surface area contributed by atoms with Crippen molar-refractivity contribution >= 4 is 44.8 Å². The van der Waals surface area contributed by atoms with E-state index in [0.717, 1.165) is 6.07 Å². The first kappa shape index (κ1) is 11.5. The Morgan fingerprint density at radius 2 is 2.12 bits per heavy atom. The van der Waals surface area contributed by atoms with E-state index >= 15 is 0 Å². The van der Waals surface area contributed by atoms with Crippen molar-refractivity contribution in [3.05, 3.63) is 26.5 Å². The molecule has 9 heteroatoms. The number of hydrogen-bond donors (Lipinski definition) is 1. The van der Waals surface area contributed by atoms with Gasteiger partial charge >= 0.3 is 17.5 Å². The molecule has 1 N–H and O–H groups in total. The summed E-state index contributed by atoms with van der Waals surface area (Å²) in [4.78, 5) is 31.6. The summed E-state index contributed by atoms with van der Waals surface area (Å²) in [6.45, 7) is 0. The molecule has 1 aromatic rings. The minimum absolute atomic E-state index is 0.0930. The number of benzene rings is 1. The van der Waals surface area contributed by atoms with Gasteiger partial charge in [-0.05, 0) is 15.9 Å². The molecular weight excluding hydrogens is 301 g/mol. The van der Waals surface area contributed by atoms with Gasteiger partial charge in [-0.2, -0.15) is 4.39 Å². The fourth-order valence-electron chi connectivity index (χ4n) is 1.30. The summed E-state index contributed by atoms with van der Waals surface area (Å²) in [7, 11) is 0. The summed E-state index contributed by atoms with van der Waals surface area (Å²) >= 11 is 2.79. The summed E-state index contributed by atoms with van der Waals surface area (Å²) in [5.41, 5.74) is -1.09. The van der Waals surface area contributed by atoms with E-state index in [1.165, 1.54) is 0 Å². The highest BCUT2D eigenvalue weighted by atomic mass is 79.9. The molecule has 2 rings (SSSR count). The molecule has 0 unspecified atom stereocenters. The highest BCUT2D eigenvalue weighted by molar-refractivity contribution is 9.10.